The smallest absolute Gasteiger partial charge is 0.286 e. The first-order valence-corrected chi connectivity index (χ1v) is 8.21. The molecule has 1 aliphatic rings. The van der Waals surface area contributed by atoms with E-state index in [1.54, 1.807) is 54.6 Å². The number of carbonyl (C=O) groups is 2. The third kappa shape index (κ3) is 2.66. The lowest BCUT2D eigenvalue weighted by Gasteiger charge is -2.32. The van der Waals surface area contributed by atoms with Crippen LogP contribution < -0.4 is 20.9 Å². The van der Waals surface area contributed by atoms with Crippen molar-refractivity contribution in [1.82, 2.24) is 15.2 Å². The summed E-state index contributed by atoms with van der Waals surface area (Å²) in [5, 5.41) is 5.82. The van der Waals surface area contributed by atoms with Crippen LogP contribution in [0.3, 0.4) is 0 Å². The molecule has 7 nitrogen and oxygen atoms in total. The number of hydrogen-bond donors (Lipinski definition) is 3. The van der Waals surface area contributed by atoms with Gasteiger partial charge in [0, 0.05) is 0 Å². The molecule has 1 saturated heterocycles. The zero-order chi connectivity index (χ0) is 15.6. The number of carbonyl (C=O) groups excluding carboxylic acids is 2. The van der Waals surface area contributed by atoms with Gasteiger partial charge in [-0.25, -0.2) is 9.59 Å². The fraction of sp³-hybridized carbons (Fsp3) is 0. The first-order valence-electron chi connectivity index (χ1n) is 6.50. The largest absolute Gasteiger partial charge is 0.351 e. The molecule has 3 N–H and O–H groups in total. The molecule has 1 heterocycles. The third-order valence-corrected chi connectivity index (χ3v) is 5.08. The minimum Gasteiger partial charge on any atom is -0.286 e. The van der Waals surface area contributed by atoms with E-state index in [0.717, 1.165) is 5.01 Å². The van der Waals surface area contributed by atoms with Crippen LogP contribution >= 0.6 is 7.44 Å². The maximum absolute atomic E-state index is 12.7. The Labute approximate surface area is 126 Å². The number of amides is 4. The Morgan fingerprint density at radius 2 is 1.32 bits per heavy atom. The molecule has 0 aliphatic carbocycles. The van der Waals surface area contributed by atoms with Crippen LogP contribution in [0, 0.1) is 0 Å². The number of hydrogen-bond acceptors (Lipinski definition) is 4. The van der Waals surface area contributed by atoms with Crippen LogP contribution in [0.5, 0.6) is 0 Å². The predicted molar refractivity (Wildman–Crippen MR) is 82.6 cm³/mol. The molecule has 0 unspecified atom stereocenters. The molecule has 2 aromatic rings. The van der Waals surface area contributed by atoms with Crippen LogP contribution in [0.25, 0.3) is 0 Å². The highest BCUT2D eigenvalue weighted by atomic mass is 31.2. The molecule has 0 saturated carbocycles. The summed E-state index contributed by atoms with van der Waals surface area (Å²) < 4.78 is 12.7. The molecule has 0 spiro atoms. The lowest BCUT2D eigenvalue weighted by atomic mass is 10.3. The summed E-state index contributed by atoms with van der Waals surface area (Å²) in [6.07, 6.45) is 0. The molecule has 0 radical (unpaired) electrons. The third-order valence-electron chi connectivity index (χ3n) is 3.05. The molecular formula is C14H13N4O3P. The predicted octanol–water partition coefficient (Wildman–Crippen LogP) is 2.27. The van der Waals surface area contributed by atoms with Crippen molar-refractivity contribution in [3.05, 3.63) is 60.7 Å². The summed E-state index contributed by atoms with van der Waals surface area (Å²) in [6.45, 7) is 0. The number of benzene rings is 2. The number of rotatable bonds is 3. The number of nitrogens with zero attached hydrogens (tertiary/aromatic N) is 1. The second kappa shape index (κ2) is 5.54. The molecule has 1 fully saturated rings. The molecule has 112 valence electrons. The molecule has 4 amide bonds. The highest BCUT2D eigenvalue weighted by Crippen LogP contribution is 2.37. The van der Waals surface area contributed by atoms with E-state index in [9.17, 15) is 14.2 Å². The molecular weight excluding hydrogens is 303 g/mol. The van der Waals surface area contributed by atoms with Gasteiger partial charge in [0.25, 0.3) is 7.44 Å². The van der Waals surface area contributed by atoms with E-state index in [2.05, 4.69) is 15.6 Å². The SMILES string of the molecule is O=C1NP(=O)(c2ccccc2)NC(=O)N1Nc1ccccc1. The molecule has 8 heteroatoms. The van der Waals surface area contributed by atoms with Gasteiger partial charge in [0.15, 0.2) is 0 Å². The van der Waals surface area contributed by atoms with Gasteiger partial charge in [-0.2, -0.15) is 5.01 Å². The molecule has 1 aliphatic heterocycles. The highest BCUT2D eigenvalue weighted by Gasteiger charge is 2.40. The van der Waals surface area contributed by atoms with Crippen LogP contribution in [-0.4, -0.2) is 17.1 Å². The van der Waals surface area contributed by atoms with E-state index in [1.807, 2.05) is 6.07 Å². The van der Waals surface area contributed by atoms with Crippen LogP contribution in [0.1, 0.15) is 0 Å². The van der Waals surface area contributed by atoms with E-state index < -0.39 is 19.5 Å². The van der Waals surface area contributed by atoms with E-state index in [-0.39, 0.29) is 0 Å². The van der Waals surface area contributed by atoms with Crippen molar-refractivity contribution in [2.75, 3.05) is 5.43 Å². The molecule has 22 heavy (non-hydrogen) atoms. The highest BCUT2D eigenvalue weighted by molar-refractivity contribution is 7.69. The number of imide groups is 1. The lowest BCUT2D eigenvalue weighted by Crippen LogP contribution is -2.57. The van der Waals surface area contributed by atoms with Gasteiger partial charge in [-0.3, -0.25) is 20.2 Å². The van der Waals surface area contributed by atoms with E-state index in [4.69, 9.17) is 0 Å². The quantitative estimate of drug-likeness (QED) is 0.758. The number of urea groups is 2. The fourth-order valence-electron chi connectivity index (χ4n) is 2.00. The van der Waals surface area contributed by atoms with E-state index >= 15 is 0 Å². The normalized spacial score (nSPS) is 16.6. The van der Waals surface area contributed by atoms with Crippen molar-refractivity contribution in [2.45, 2.75) is 0 Å². The molecule has 0 atom stereocenters. The van der Waals surface area contributed by atoms with Gasteiger partial charge < -0.3 is 0 Å². The van der Waals surface area contributed by atoms with Crippen molar-refractivity contribution in [1.29, 1.82) is 0 Å². The van der Waals surface area contributed by atoms with Crippen LogP contribution in [0.4, 0.5) is 15.3 Å². The molecule has 0 aromatic heterocycles. The van der Waals surface area contributed by atoms with Gasteiger partial charge in [-0.1, -0.05) is 36.4 Å². The van der Waals surface area contributed by atoms with Crippen molar-refractivity contribution < 1.29 is 14.2 Å². The van der Waals surface area contributed by atoms with Gasteiger partial charge in [0.05, 0.1) is 11.0 Å². The minimum atomic E-state index is -3.50. The Morgan fingerprint density at radius 3 is 1.86 bits per heavy atom. The maximum atomic E-state index is 12.7. The van der Waals surface area contributed by atoms with Crippen molar-refractivity contribution >= 4 is 30.5 Å². The Hall–Kier alpha value is -2.79. The molecule has 3 rings (SSSR count). The standard InChI is InChI=1S/C14H13N4O3P/c19-13-16-22(21,12-9-5-2-6-10-12)17-14(20)18(13)15-11-7-3-1-4-8-11/h1-10,15H,(H2,16,17,19,20,21). The minimum absolute atomic E-state index is 0.357. The fourth-order valence-corrected chi connectivity index (χ4v) is 3.64. The van der Waals surface area contributed by atoms with Crippen LogP contribution in [-0.2, 0) is 4.57 Å². The lowest BCUT2D eigenvalue weighted by molar-refractivity contribution is 0.197. The summed E-state index contributed by atoms with van der Waals surface area (Å²) in [6, 6.07) is 15.5. The summed E-state index contributed by atoms with van der Waals surface area (Å²) in [5.74, 6) is 0. The molecule has 0 bridgehead atoms. The van der Waals surface area contributed by atoms with Crippen LogP contribution in [0.15, 0.2) is 60.7 Å². The average molecular weight is 316 g/mol. The van der Waals surface area contributed by atoms with Gasteiger partial charge >= 0.3 is 12.1 Å². The topological polar surface area (TPSA) is 90.5 Å². The Balaban J connectivity index is 1.82. The second-order valence-electron chi connectivity index (χ2n) is 4.59. The van der Waals surface area contributed by atoms with Gasteiger partial charge in [0.1, 0.15) is 0 Å². The van der Waals surface area contributed by atoms with Crippen molar-refractivity contribution in [2.24, 2.45) is 0 Å². The monoisotopic (exact) mass is 316 g/mol. The summed E-state index contributed by atoms with van der Waals surface area (Å²) in [4.78, 5) is 24.2. The first kappa shape index (κ1) is 14.2. The Kier molecular flexibility index (Phi) is 3.56. The number of para-hydroxylation sites is 1. The Morgan fingerprint density at radius 1 is 0.818 bits per heavy atom. The van der Waals surface area contributed by atoms with E-state index in [1.165, 1.54) is 0 Å². The molecule has 2 aromatic carbocycles. The number of hydrazine groups is 1. The zero-order valence-corrected chi connectivity index (χ0v) is 12.3. The average Bonchev–Trinajstić information content (AvgIpc) is 2.53. The maximum Gasteiger partial charge on any atom is 0.351 e. The second-order valence-corrected chi connectivity index (χ2v) is 6.77. The zero-order valence-electron chi connectivity index (χ0n) is 11.4. The Bertz CT molecular complexity index is 729. The van der Waals surface area contributed by atoms with Gasteiger partial charge in [-0.05, 0) is 24.3 Å². The number of nitrogens with one attached hydrogen (secondary N) is 3. The first-order chi connectivity index (χ1) is 10.6. The summed E-state index contributed by atoms with van der Waals surface area (Å²) in [7, 11) is -3.50. The summed E-state index contributed by atoms with van der Waals surface area (Å²) >= 11 is 0. The van der Waals surface area contributed by atoms with E-state index in [0.29, 0.717) is 11.0 Å². The van der Waals surface area contributed by atoms with Gasteiger partial charge in [-0.15, -0.1) is 0 Å². The summed E-state index contributed by atoms with van der Waals surface area (Å²) in [5.41, 5.74) is 3.22. The van der Waals surface area contributed by atoms with Crippen molar-refractivity contribution in [3.8, 4) is 0 Å². The van der Waals surface area contributed by atoms with Gasteiger partial charge in [0.2, 0.25) is 0 Å². The number of anilines is 1. The van der Waals surface area contributed by atoms with Crippen molar-refractivity contribution in [3.63, 3.8) is 0 Å². The van der Waals surface area contributed by atoms with Crippen LogP contribution in [0.2, 0.25) is 0 Å².